The van der Waals surface area contributed by atoms with Crippen LogP contribution in [0.5, 0.6) is 0 Å². The van der Waals surface area contributed by atoms with Crippen molar-refractivity contribution in [2.24, 2.45) is 0 Å². The van der Waals surface area contributed by atoms with Crippen LogP contribution in [0.4, 0.5) is 0 Å². The Morgan fingerprint density at radius 1 is 1.08 bits per heavy atom. The standard InChI is InChI=1S/C18H20N2O5/c1-25-11-15(18(23)24)20-17(22)10-19-16(21)9-13-7-4-6-12-5-2-3-8-14(12)13/h2-8,15H,9-11H2,1H3,(H,19,21)(H,20,22)(H,23,24). The number of fused-ring (bicyclic) bond motifs is 1. The number of ether oxygens (including phenoxy) is 1. The molecule has 25 heavy (non-hydrogen) atoms. The van der Waals surface area contributed by atoms with Crippen LogP contribution in [-0.4, -0.2) is 49.2 Å². The molecule has 3 N–H and O–H groups in total. The van der Waals surface area contributed by atoms with Gasteiger partial charge in [0.1, 0.15) is 0 Å². The van der Waals surface area contributed by atoms with E-state index in [0.29, 0.717) is 0 Å². The van der Waals surface area contributed by atoms with E-state index in [1.54, 1.807) is 0 Å². The lowest BCUT2D eigenvalue weighted by atomic mass is 10.0. The number of hydrogen-bond donors (Lipinski definition) is 3. The van der Waals surface area contributed by atoms with Gasteiger partial charge in [0.25, 0.3) is 0 Å². The zero-order valence-electron chi connectivity index (χ0n) is 13.8. The number of amides is 2. The van der Waals surface area contributed by atoms with E-state index in [4.69, 9.17) is 9.84 Å². The molecule has 0 aliphatic heterocycles. The van der Waals surface area contributed by atoms with Gasteiger partial charge in [-0.3, -0.25) is 9.59 Å². The number of benzene rings is 2. The van der Waals surface area contributed by atoms with Gasteiger partial charge in [-0.1, -0.05) is 42.5 Å². The number of aliphatic carboxylic acids is 1. The van der Waals surface area contributed by atoms with E-state index >= 15 is 0 Å². The first kappa shape index (κ1) is 18.4. The van der Waals surface area contributed by atoms with Crippen molar-refractivity contribution >= 4 is 28.6 Å². The quantitative estimate of drug-likeness (QED) is 0.654. The molecule has 7 nitrogen and oxygen atoms in total. The minimum absolute atomic E-state index is 0.134. The first-order chi connectivity index (χ1) is 12.0. The van der Waals surface area contributed by atoms with E-state index in [1.807, 2.05) is 42.5 Å². The second kappa shape index (κ2) is 8.79. The van der Waals surface area contributed by atoms with Crippen LogP contribution in [-0.2, 0) is 25.5 Å². The molecule has 2 aromatic rings. The molecule has 0 aliphatic carbocycles. The highest BCUT2D eigenvalue weighted by molar-refractivity contribution is 5.92. The maximum Gasteiger partial charge on any atom is 0.328 e. The van der Waals surface area contributed by atoms with E-state index in [0.717, 1.165) is 16.3 Å². The van der Waals surface area contributed by atoms with E-state index < -0.39 is 17.9 Å². The van der Waals surface area contributed by atoms with E-state index in [-0.39, 0.29) is 25.5 Å². The fourth-order valence-corrected chi connectivity index (χ4v) is 2.45. The third-order valence-corrected chi connectivity index (χ3v) is 3.64. The second-order valence-electron chi connectivity index (χ2n) is 5.51. The zero-order valence-corrected chi connectivity index (χ0v) is 13.8. The zero-order chi connectivity index (χ0) is 18.2. The highest BCUT2D eigenvalue weighted by Gasteiger charge is 2.19. The van der Waals surface area contributed by atoms with Crippen LogP contribution < -0.4 is 10.6 Å². The molecule has 1 atom stereocenters. The minimum atomic E-state index is -1.20. The third-order valence-electron chi connectivity index (χ3n) is 3.64. The SMILES string of the molecule is COCC(NC(=O)CNC(=O)Cc1cccc2ccccc12)C(=O)O. The lowest BCUT2D eigenvalue weighted by Gasteiger charge is -2.14. The summed E-state index contributed by atoms with van der Waals surface area (Å²) in [5.74, 6) is -2.10. The van der Waals surface area contributed by atoms with Gasteiger partial charge in [-0.25, -0.2) is 4.79 Å². The molecule has 2 amide bonds. The number of rotatable bonds is 8. The summed E-state index contributed by atoms with van der Waals surface area (Å²) in [6.07, 6.45) is 0.134. The van der Waals surface area contributed by atoms with Crippen molar-refractivity contribution in [2.75, 3.05) is 20.3 Å². The highest BCUT2D eigenvalue weighted by Crippen LogP contribution is 2.18. The van der Waals surface area contributed by atoms with Crippen LogP contribution in [0.15, 0.2) is 42.5 Å². The Labute approximate surface area is 145 Å². The molecule has 0 fully saturated rings. The number of carbonyl (C=O) groups excluding carboxylic acids is 2. The van der Waals surface area contributed by atoms with Crippen LogP contribution in [0.25, 0.3) is 10.8 Å². The molecular formula is C18H20N2O5. The summed E-state index contributed by atoms with van der Waals surface area (Å²) in [5, 5.41) is 15.7. The molecule has 2 aromatic carbocycles. The maximum atomic E-state index is 12.1. The van der Waals surface area contributed by atoms with Crippen molar-refractivity contribution in [3.63, 3.8) is 0 Å². The Hall–Kier alpha value is -2.93. The summed E-state index contributed by atoms with van der Waals surface area (Å²) >= 11 is 0. The van der Waals surface area contributed by atoms with Crippen LogP contribution in [0.2, 0.25) is 0 Å². The van der Waals surface area contributed by atoms with Gasteiger partial charge in [0.05, 0.1) is 19.6 Å². The first-order valence-electron chi connectivity index (χ1n) is 7.75. The summed E-state index contributed by atoms with van der Waals surface area (Å²) in [6.45, 7) is -0.442. The van der Waals surface area contributed by atoms with Crippen LogP contribution in [0.3, 0.4) is 0 Å². The molecule has 2 rings (SSSR count). The fourth-order valence-electron chi connectivity index (χ4n) is 2.45. The van der Waals surface area contributed by atoms with E-state index in [9.17, 15) is 14.4 Å². The molecular weight excluding hydrogens is 324 g/mol. The van der Waals surface area contributed by atoms with E-state index in [1.165, 1.54) is 7.11 Å². The van der Waals surface area contributed by atoms with Crippen molar-refractivity contribution in [1.29, 1.82) is 0 Å². The summed E-state index contributed by atoms with van der Waals surface area (Å²) < 4.78 is 4.73. The molecule has 0 bridgehead atoms. The predicted molar refractivity (Wildman–Crippen MR) is 92.1 cm³/mol. The average molecular weight is 344 g/mol. The number of carboxylic acid groups (broad SMARTS) is 1. The van der Waals surface area contributed by atoms with Crippen LogP contribution >= 0.6 is 0 Å². The Bertz CT molecular complexity index is 770. The molecule has 0 spiro atoms. The van der Waals surface area contributed by atoms with Gasteiger partial charge in [0, 0.05) is 7.11 Å². The minimum Gasteiger partial charge on any atom is -0.480 e. The number of nitrogens with one attached hydrogen (secondary N) is 2. The number of carbonyl (C=O) groups is 3. The molecule has 0 radical (unpaired) electrons. The Balaban J connectivity index is 1.90. The first-order valence-corrected chi connectivity index (χ1v) is 7.75. The average Bonchev–Trinajstić information content (AvgIpc) is 2.60. The van der Waals surface area contributed by atoms with Gasteiger partial charge in [0.2, 0.25) is 11.8 Å². The summed E-state index contributed by atoms with van der Waals surface area (Å²) in [7, 11) is 1.34. The largest absolute Gasteiger partial charge is 0.480 e. The smallest absolute Gasteiger partial charge is 0.328 e. The third kappa shape index (κ3) is 5.29. The lowest BCUT2D eigenvalue weighted by Crippen LogP contribution is -2.47. The van der Waals surface area contributed by atoms with Crippen molar-refractivity contribution in [1.82, 2.24) is 10.6 Å². The van der Waals surface area contributed by atoms with Gasteiger partial charge < -0.3 is 20.5 Å². The molecule has 0 aromatic heterocycles. The van der Waals surface area contributed by atoms with Crippen molar-refractivity contribution in [3.8, 4) is 0 Å². The van der Waals surface area contributed by atoms with Crippen molar-refractivity contribution in [3.05, 3.63) is 48.0 Å². The van der Waals surface area contributed by atoms with Crippen LogP contribution in [0.1, 0.15) is 5.56 Å². The maximum absolute atomic E-state index is 12.1. The Morgan fingerprint density at radius 3 is 2.52 bits per heavy atom. The fraction of sp³-hybridized carbons (Fsp3) is 0.278. The van der Waals surface area contributed by atoms with Gasteiger partial charge in [-0.15, -0.1) is 0 Å². The van der Waals surface area contributed by atoms with Gasteiger partial charge in [-0.05, 0) is 16.3 Å². The lowest BCUT2D eigenvalue weighted by molar-refractivity contribution is -0.143. The Kier molecular flexibility index (Phi) is 6.47. The number of methoxy groups -OCH3 is 1. The molecule has 0 saturated heterocycles. The van der Waals surface area contributed by atoms with Crippen LogP contribution in [0, 0.1) is 0 Å². The summed E-state index contributed by atoms with van der Waals surface area (Å²) in [5.41, 5.74) is 0.860. The van der Waals surface area contributed by atoms with Gasteiger partial charge in [-0.2, -0.15) is 0 Å². The predicted octanol–water partition coefficient (Wildman–Crippen LogP) is 0.714. The van der Waals surface area contributed by atoms with Crippen molar-refractivity contribution in [2.45, 2.75) is 12.5 Å². The van der Waals surface area contributed by atoms with Crippen molar-refractivity contribution < 1.29 is 24.2 Å². The number of carboxylic acids is 1. The molecule has 7 heteroatoms. The molecule has 0 saturated carbocycles. The van der Waals surface area contributed by atoms with Gasteiger partial charge >= 0.3 is 5.97 Å². The monoisotopic (exact) mass is 344 g/mol. The van der Waals surface area contributed by atoms with E-state index in [2.05, 4.69) is 10.6 Å². The summed E-state index contributed by atoms with van der Waals surface area (Å²) in [4.78, 5) is 34.8. The molecule has 0 heterocycles. The molecule has 132 valence electrons. The molecule has 0 aliphatic rings. The second-order valence-corrected chi connectivity index (χ2v) is 5.51. The van der Waals surface area contributed by atoms with Gasteiger partial charge in [0.15, 0.2) is 6.04 Å². The molecule has 1 unspecified atom stereocenters. The highest BCUT2D eigenvalue weighted by atomic mass is 16.5. The normalized spacial score (nSPS) is 11.7. The topological polar surface area (TPSA) is 105 Å². The summed E-state index contributed by atoms with van der Waals surface area (Å²) in [6, 6.07) is 12.3. The Morgan fingerprint density at radius 2 is 1.80 bits per heavy atom. The number of hydrogen-bond acceptors (Lipinski definition) is 4.